The molecule has 0 aliphatic carbocycles. The van der Waals surface area contributed by atoms with Crippen LogP contribution in [0.2, 0.25) is 0 Å². The van der Waals surface area contributed by atoms with Crippen LogP contribution in [-0.2, 0) is 10.2 Å². The second-order valence-corrected chi connectivity index (χ2v) is 6.42. The standard InChI is InChI=1S/C19H20O4/c1-19(2,3)15-8-6-13(7-9-15)17(20)12-14(18(21)22)11-16-5-4-10-23-16/h4-11H,12H2,1-3H3,(H,21,22). The summed E-state index contributed by atoms with van der Waals surface area (Å²) >= 11 is 0. The summed E-state index contributed by atoms with van der Waals surface area (Å²) in [5, 5.41) is 9.26. The number of benzene rings is 1. The Morgan fingerprint density at radius 2 is 1.78 bits per heavy atom. The summed E-state index contributed by atoms with van der Waals surface area (Å²) in [6.07, 6.45) is 2.66. The zero-order chi connectivity index (χ0) is 17.0. The summed E-state index contributed by atoms with van der Waals surface area (Å²) < 4.78 is 5.10. The Bertz CT molecular complexity index is 714. The molecule has 0 saturated heterocycles. The molecule has 4 heteroatoms. The van der Waals surface area contributed by atoms with Crippen molar-refractivity contribution in [1.82, 2.24) is 0 Å². The van der Waals surface area contributed by atoms with E-state index < -0.39 is 5.97 Å². The molecule has 0 unspecified atom stereocenters. The molecule has 4 nitrogen and oxygen atoms in total. The van der Waals surface area contributed by atoms with Crippen LogP contribution in [0.1, 0.15) is 48.9 Å². The maximum atomic E-state index is 12.3. The predicted molar refractivity (Wildman–Crippen MR) is 88.4 cm³/mol. The van der Waals surface area contributed by atoms with Gasteiger partial charge in [-0.2, -0.15) is 0 Å². The highest BCUT2D eigenvalue weighted by Gasteiger charge is 2.17. The lowest BCUT2D eigenvalue weighted by molar-refractivity contribution is -0.132. The molecule has 0 amide bonds. The fourth-order valence-corrected chi connectivity index (χ4v) is 2.16. The molecule has 1 heterocycles. The summed E-state index contributed by atoms with van der Waals surface area (Å²) in [6, 6.07) is 10.6. The number of carboxylic acid groups (broad SMARTS) is 1. The molecule has 2 aromatic rings. The number of furan rings is 1. The molecule has 0 saturated carbocycles. The second kappa shape index (κ2) is 6.65. The molecular formula is C19H20O4. The van der Waals surface area contributed by atoms with Crippen LogP contribution in [-0.4, -0.2) is 16.9 Å². The van der Waals surface area contributed by atoms with Crippen molar-refractivity contribution >= 4 is 17.8 Å². The van der Waals surface area contributed by atoms with E-state index in [1.165, 1.54) is 12.3 Å². The SMILES string of the molecule is CC(C)(C)c1ccc(C(=O)CC(=Cc2ccco2)C(=O)O)cc1. The van der Waals surface area contributed by atoms with Crippen molar-refractivity contribution in [3.8, 4) is 0 Å². The van der Waals surface area contributed by atoms with Crippen molar-refractivity contribution in [3.05, 3.63) is 65.1 Å². The highest BCUT2D eigenvalue weighted by atomic mass is 16.4. The van der Waals surface area contributed by atoms with E-state index in [4.69, 9.17) is 4.42 Å². The maximum Gasteiger partial charge on any atom is 0.332 e. The highest BCUT2D eigenvalue weighted by Crippen LogP contribution is 2.23. The number of hydrogen-bond acceptors (Lipinski definition) is 3. The third-order valence-electron chi connectivity index (χ3n) is 3.56. The molecule has 0 atom stereocenters. The fraction of sp³-hybridized carbons (Fsp3) is 0.263. The Morgan fingerprint density at radius 3 is 2.26 bits per heavy atom. The first-order valence-electron chi connectivity index (χ1n) is 7.38. The largest absolute Gasteiger partial charge is 0.478 e. The van der Waals surface area contributed by atoms with Crippen molar-refractivity contribution < 1.29 is 19.1 Å². The van der Waals surface area contributed by atoms with E-state index in [0.29, 0.717) is 11.3 Å². The first kappa shape index (κ1) is 16.7. The molecule has 1 aromatic heterocycles. The van der Waals surface area contributed by atoms with Crippen LogP contribution in [0, 0.1) is 0 Å². The van der Waals surface area contributed by atoms with E-state index in [-0.39, 0.29) is 23.2 Å². The molecule has 0 bridgehead atoms. The number of hydrogen-bond donors (Lipinski definition) is 1. The van der Waals surface area contributed by atoms with Gasteiger partial charge in [0.2, 0.25) is 0 Å². The molecule has 0 spiro atoms. The lowest BCUT2D eigenvalue weighted by Crippen LogP contribution is -2.12. The lowest BCUT2D eigenvalue weighted by Gasteiger charge is -2.19. The second-order valence-electron chi connectivity index (χ2n) is 6.42. The minimum atomic E-state index is -1.12. The Morgan fingerprint density at radius 1 is 1.13 bits per heavy atom. The van der Waals surface area contributed by atoms with Gasteiger partial charge in [0.25, 0.3) is 0 Å². The van der Waals surface area contributed by atoms with E-state index in [1.807, 2.05) is 12.1 Å². The molecule has 0 aliphatic heterocycles. The van der Waals surface area contributed by atoms with Gasteiger partial charge in [0.1, 0.15) is 5.76 Å². The van der Waals surface area contributed by atoms with Gasteiger partial charge in [-0.25, -0.2) is 4.79 Å². The fourth-order valence-electron chi connectivity index (χ4n) is 2.16. The topological polar surface area (TPSA) is 67.5 Å². The molecule has 0 radical (unpaired) electrons. The first-order valence-corrected chi connectivity index (χ1v) is 7.38. The molecule has 120 valence electrons. The van der Waals surface area contributed by atoms with Crippen molar-refractivity contribution in [2.24, 2.45) is 0 Å². The quantitative estimate of drug-likeness (QED) is 0.659. The van der Waals surface area contributed by atoms with Gasteiger partial charge < -0.3 is 9.52 Å². The summed E-state index contributed by atoms with van der Waals surface area (Å²) in [4.78, 5) is 23.6. The van der Waals surface area contributed by atoms with Gasteiger partial charge in [0.15, 0.2) is 5.78 Å². The van der Waals surface area contributed by atoms with E-state index >= 15 is 0 Å². The lowest BCUT2D eigenvalue weighted by atomic mass is 9.86. The van der Waals surface area contributed by atoms with Crippen molar-refractivity contribution in [2.75, 3.05) is 0 Å². The van der Waals surface area contributed by atoms with Crippen molar-refractivity contribution in [3.63, 3.8) is 0 Å². The molecular weight excluding hydrogens is 292 g/mol. The van der Waals surface area contributed by atoms with Crippen molar-refractivity contribution in [1.29, 1.82) is 0 Å². The normalized spacial score (nSPS) is 12.2. The van der Waals surface area contributed by atoms with Crippen LogP contribution in [0.15, 0.2) is 52.7 Å². The number of carbonyl (C=O) groups excluding carboxylic acids is 1. The number of Topliss-reactive ketones (excluding diaryl/α,β-unsaturated/α-hetero) is 1. The van der Waals surface area contributed by atoms with Crippen LogP contribution in [0.25, 0.3) is 6.08 Å². The van der Waals surface area contributed by atoms with Gasteiger partial charge in [0, 0.05) is 17.6 Å². The zero-order valence-electron chi connectivity index (χ0n) is 13.5. The maximum absolute atomic E-state index is 12.3. The monoisotopic (exact) mass is 312 g/mol. The molecule has 1 aromatic carbocycles. The van der Waals surface area contributed by atoms with E-state index in [1.54, 1.807) is 24.3 Å². The minimum absolute atomic E-state index is 0.00449. The Hall–Kier alpha value is -2.62. The van der Waals surface area contributed by atoms with Crippen molar-refractivity contribution in [2.45, 2.75) is 32.6 Å². The molecule has 1 N–H and O–H groups in total. The molecule has 23 heavy (non-hydrogen) atoms. The van der Waals surface area contributed by atoms with Gasteiger partial charge in [-0.3, -0.25) is 4.79 Å². The number of ketones is 1. The summed E-state index contributed by atoms with van der Waals surface area (Å²) in [7, 11) is 0. The van der Waals surface area contributed by atoms with E-state index in [9.17, 15) is 14.7 Å². The number of aliphatic carboxylic acids is 1. The predicted octanol–water partition coefficient (Wildman–Crippen LogP) is 4.32. The third kappa shape index (κ3) is 4.42. The van der Waals surface area contributed by atoms with E-state index in [0.717, 1.165) is 5.56 Å². The minimum Gasteiger partial charge on any atom is -0.478 e. The number of carboxylic acids is 1. The van der Waals surface area contributed by atoms with Crippen LogP contribution < -0.4 is 0 Å². The summed E-state index contributed by atoms with van der Waals surface area (Å²) in [5.41, 5.74) is 1.64. The zero-order valence-corrected chi connectivity index (χ0v) is 13.5. The molecule has 0 aliphatic rings. The Labute approximate surface area is 135 Å². The smallest absolute Gasteiger partial charge is 0.332 e. The average molecular weight is 312 g/mol. The first-order chi connectivity index (χ1) is 10.8. The number of carbonyl (C=O) groups is 2. The third-order valence-corrected chi connectivity index (χ3v) is 3.56. The van der Waals surface area contributed by atoms with E-state index in [2.05, 4.69) is 20.8 Å². The van der Waals surface area contributed by atoms with Gasteiger partial charge >= 0.3 is 5.97 Å². The van der Waals surface area contributed by atoms with Gasteiger partial charge in [-0.1, -0.05) is 45.0 Å². The highest BCUT2D eigenvalue weighted by molar-refractivity contribution is 6.04. The summed E-state index contributed by atoms with van der Waals surface area (Å²) in [5.74, 6) is -0.940. The summed E-state index contributed by atoms with van der Waals surface area (Å²) in [6.45, 7) is 6.29. The van der Waals surface area contributed by atoms with Gasteiger partial charge in [0.05, 0.1) is 6.26 Å². The van der Waals surface area contributed by atoms with Gasteiger partial charge in [-0.05, 0) is 29.2 Å². The molecule has 0 fully saturated rings. The number of rotatable bonds is 5. The van der Waals surface area contributed by atoms with Crippen LogP contribution in [0.4, 0.5) is 0 Å². The average Bonchev–Trinajstić information content (AvgIpc) is 2.98. The molecule has 2 rings (SSSR count). The Balaban J connectivity index is 2.18. The van der Waals surface area contributed by atoms with Gasteiger partial charge in [-0.15, -0.1) is 0 Å². The Kier molecular flexibility index (Phi) is 4.84. The van der Waals surface area contributed by atoms with Crippen LogP contribution in [0.5, 0.6) is 0 Å². The van der Waals surface area contributed by atoms with Crippen LogP contribution in [0.3, 0.4) is 0 Å². The van der Waals surface area contributed by atoms with Crippen LogP contribution >= 0.6 is 0 Å².